The molecule has 2 unspecified atom stereocenters. The van der Waals surface area contributed by atoms with E-state index in [-0.39, 0.29) is 5.60 Å². The van der Waals surface area contributed by atoms with Gasteiger partial charge in [0.05, 0.1) is 12.1 Å². The molecule has 3 aromatic rings. The monoisotopic (exact) mass is 358 g/mol. The lowest BCUT2D eigenvalue weighted by Crippen LogP contribution is -2.39. The van der Waals surface area contributed by atoms with Crippen LogP contribution in [0.1, 0.15) is 48.2 Å². The fourth-order valence-corrected chi connectivity index (χ4v) is 5.75. The predicted molar refractivity (Wildman–Crippen MR) is 108 cm³/mol. The molecule has 3 heteroatoms. The molecule has 1 aromatic heterocycles. The van der Waals surface area contributed by atoms with Crippen molar-refractivity contribution in [2.24, 2.45) is 0 Å². The molecule has 0 aliphatic carbocycles. The third kappa shape index (κ3) is 2.12. The molecule has 0 amide bonds. The molecule has 0 bridgehead atoms. The van der Waals surface area contributed by atoms with Gasteiger partial charge in [-0.15, -0.1) is 0 Å². The summed E-state index contributed by atoms with van der Waals surface area (Å²) in [7, 11) is 0. The van der Waals surface area contributed by atoms with Crippen molar-refractivity contribution in [2.45, 2.75) is 51.3 Å². The highest BCUT2D eigenvalue weighted by atomic mass is 16.5. The number of aryl methyl sites for hydroxylation is 1. The zero-order valence-electron chi connectivity index (χ0n) is 16.2. The zero-order chi connectivity index (χ0) is 18.2. The lowest BCUT2D eigenvalue weighted by molar-refractivity contribution is 0.0577. The van der Waals surface area contributed by atoms with Gasteiger partial charge >= 0.3 is 0 Å². The minimum atomic E-state index is -0.325. The standard InChI is InChI=1S/C24H26N2O/c1-16-13-18-22-19-9-6-11-25(19)12-10-20(22)26-15-24(2,17-7-4-3-5-8-17)27-21(14-16)23(18)26/h3-5,7-8,13-14,19H,6,9-12,15H2,1-2H3. The van der Waals surface area contributed by atoms with E-state index in [0.29, 0.717) is 6.04 Å². The minimum Gasteiger partial charge on any atom is -0.479 e. The van der Waals surface area contributed by atoms with Crippen molar-refractivity contribution < 1.29 is 4.74 Å². The van der Waals surface area contributed by atoms with Gasteiger partial charge in [0, 0.05) is 30.1 Å². The van der Waals surface area contributed by atoms with Crippen LogP contribution in [-0.4, -0.2) is 22.6 Å². The van der Waals surface area contributed by atoms with E-state index in [0.717, 1.165) is 18.7 Å². The summed E-state index contributed by atoms with van der Waals surface area (Å²) in [5, 5.41) is 1.44. The SMILES string of the molecule is Cc1cc2c3c(c1)c1c(n3CC(C)(c3ccccc3)O2)CCN2CCCC12. The van der Waals surface area contributed by atoms with Crippen molar-refractivity contribution in [1.29, 1.82) is 0 Å². The highest BCUT2D eigenvalue weighted by Crippen LogP contribution is 2.49. The van der Waals surface area contributed by atoms with Crippen LogP contribution in [0, 0.1) is 6.92 Å². The van der Waals surface area contributed by atoms with Crippen LogP contribution in [0.4, 0.5) is 0 Å². The van der Waals surface area contributed by atoms with Crippen LogP contribution < -0.4 is 4.74 Å². The summed E-state index contributed by atoms with van der Waals surface area (Å²) in [5.74, 6) is 1.06. The Bertz CT molecular complexity index is 1050. The second-order valence-electron chi connectivity index (χ2n) is 8.75. The second-order valence-corrected chi connectivity index (χ2v) is 8.75. The first-order valence-corrected chi connectivity index (χ1v) is 10.3. The molecule has 0 saturated carbocycles. The largest absolute Gasteiger partial charge is 0.479 e. The molecule has 6 rings (SSSR count). The first-order chi connectivity index (χ1) is 13.1. The normalized spacial score (nSPS) is 26.7. The van der Waals surface area contributed by atoms with E-state index in [1.807, 2.05) is 0 Å². The van der Waals surface area contributed by atoms with Crippen LogP contribution in [0.2, 0.25) is 0 Å². The van der Waals surface area contributed by atoms with Crippen molar-refractivity contribution >= 4 is 10.9 Å². The Morgan fingerprint density at radius 2 is 1.96 bits per heavy atom. The Labute approximate surface area is 160 Å². The summed E-state index contributed by atoms with van der Waals surface area (Å²) in [6.45, 7) is 7.80. The first kappa shape index (κ1) is 15.8. The summed E-state index contributed by atoms with van der Waals surface area (Å²) in [6, 6.07) is 16.0. The van der Waals surface area contributed by atoms with E-state index in [9.17, 15) is 0 Å². The van der Waals surface area contributed by atoms with Crippen LogP contribution in [0.5, 0.6) is 5.75 Å². The van der Waals surface area contributed by atoms with E-state index in [4.69, 9.17) is 4.74 Å². The average Bonchev–Trinajstić information content (AvgIpc) is 3.25. The maximum Gasteiger partial charge on any atom is 0.149 e. The number of rotatable bonds is 1. The van der Waals surface area contributed by atoms with Crippen LogP contribution in [-0.2, 0) is 18.6 Å². The average molecular weight is 358 g/mol. The van der Waals surface area contributed by atoms with E-state index < -0.39 is 0 Å². The molecule has 1 fully saturated rings. The van der Waals surface area contributed by atoms with Gasteiger partial charge in [0.25, 0.3) is 0 Å². The van der Waals surface area contributed by atoms with Gasteiger partial charge in [0.1, 0.15) is 11.4 Å². The molecular weight excluding hydrogens is 332 g/mol. The summed E-state index contributed by atoms with van der Waals surface area (Å²) in [5.41, 5.74) is 6.71. The highest BCUT2D eigenvalue weighted by Gasteiger charge is 2.41. The summed E-state index contributed by atoms with van der Waals surface area (Å²) in [4.78, 5) is 2.70. The summed E-state index contributed by atoms with van der Waals surface area (Å²) < 4.78 is 9.32. The quantitative estimate of drug-likeness (QED) is 0.612. The maximum absolute atomic E-state index is 6.71. The van der Waals surface area contributed by atoms with Gasteiger partial charge in [0.15, 0.2) is 0 Å². The van der Waals surface area contributed by atoms with Crippen LogP contribution in [0.3, 0.4) is 0 Å². The van der Waals surface area contributed by atoms with Gasteiger partial charge in [-0.05, 0) is 62.1 Å². The third-order valence-electron chi connectivity index (χ3n) is 6.93. The molecule has 3 nitrogen and oxygen atoms in total. The highest BCUT2D eigenvalue weighted by molar-refractivity contribution is 5.92. The molecule has 0 N–H and O–H groups in total. The van der Waals surface area contributed by atoms with Gasteiger partial charge in [-0.3, -0.25) is 4.90 Å². The Kier molecular flexibility index (Phi) is 3.14. The van der Waals surface area contributed by atoms with Crippen molar-refractivity contribution in [1.82, 2.24) is 9.47 Å². The lowest BCUT2D eigenvalue weighted by atomic mass is 9.94. The van der Waals surface area contributed by atoms with Crippen molar-refractivity contribution in [3.63, 3.8) is 0 Å². The Morgan fingerprint density at radius 1 is 1.11 bits per heavy atom. The molecule has 3 aliphatic rings. The molecule has 27 heavy (non-hydrogen) atoms. The Morgan fingerprint density at radius 3 is 2.81 bits per heavy atom. The van der Waals surface area contributed by atoms with E-state index in [2.05, 4.69) is 65.8 Å². The molecule has 2 atom stereocenters. The number of nitrogens with zero attached hydrogens (tertiary/aromatic N) is 2. The molecule has 0 radical (unpaired) electrons. The molecular formula is C24H26N2O. The van der Waals surface area contributed by atoms with E-state index >= 15 is 0 Å². The Hall–Kier alpha value is -2.26. The van der Waals surface area contributed by atoms with Gasteiger partial charge in [-0.2, -0.15) is 0 Å². The number of hydrogen-bond acceptors (Lipinski definition) is 2. The van der Waals surface area contributed by atoms with E-state index in [1.54, 1.807) is 11.3 Å². The lowest BCUT2D eigenvalue weighted by Gasteiger charge is -2.37. The van der Waals surface area contributed by atoms with Gasteiger partial charge < -0.3 is 9.30 Å². The maximum atomic E-state index is 6.71. The predicted octanol–water partition coefficient (Wildman–Crippen LogP) is 4.95. The molecule has 138 valence electrons. The second kappa shape index (κ2) is 5.39. The third-order valence-corrected chi connectivity index (χ3v) is 6.93. The minimum absolute atomic E-state index is 0.325. The molecule has 0 spiro atoms. The number of hydrogen-bond donors (Lipinski definition) is 0. The summed E-state index contributed by atoms with van der Waals surface area (Å²) >= 11 is 0. The molecule has 1 saturated heterocycles. The molecule has 4 heterocycles. The van der Waals surface area contributed by atoms with Crippen molar-refractivity contribution in [3.8, 4) is 5.75 Å². The Balaban J connectivity index is 1.61. The van der Waals surface area contributed by atoms with E-state index in [1.165, 1.54) is 48.0 Å². The van der Waals surface area contributed by atoms with Crippen molar-refractivity contribution in [3.05, 3.63) is 64.8 Å². The fourth-order valence-electron chi connectivity index (χ4n) is 5.75. The van der Waals surface area contributed by atoms with Gasteiger partial charge in [0.2, 0.25) is 0 Å². The first-order valence-electron chi connectivity index (χ1n) is 10.3. The zero-order valence-corrected chi connectivity index (χ0v) is 16.2. The van der Waals surface area contributed by atoms with Crippen LogP contribution in [0.15, 0.2) is 42.5 Å². The molecule has 3 aliphatic heterocycles. The number of ether oxygens (including phenoxy) is 1. The number of fused-ring (bicyclic) bond motifs is 5. The van der Waals surface area contributed by atoms with Crippen LogP contribution >= 0.6 is 0 Å². The summed E-state index contributed by atoms with van der Waals surface area (Å²) in [6.07, 6.45) is 3.78. The molecule has 2 aromatic carbocycles. The number of benzene rings is 2. The van der Waals surface area contributed by atoms with Gasteiger partial charge in [-0.1, -0.05) is 30.3 Å². The van der Waals surface area contributed by atoms with Gasteiger partial charge in [-0.25, -0.2) is 0 Å². The topological polar surface area (TPSA) is 17.4 Å². The van der Waals surface area contributed by atoms with Crippen LogP contribution in [0.25, 0.3) is 10.9 Å². The van der Waals surface area contributed by atoms with Crippen molar-refractivity contribution in [2.75, 3.05) is 13.1 Å². The smallest absolute Gasteiger partial charge is 0.149 e. The fraction of sp³-hybridized carbons (Fsp3) is 0.417. The number of aromatic nitrogens is 1.